The van der Waals surface area contributed by atoms with E-state index in [2.05, 4.69) is 4.72 Å². The van der Waals surface area contributed by atoms with Gasteiger partial charge in [0, 0.05) is 12.6 Å². The zero-order valence-corrected chi connectivity index (χ0v) is 13.0. The van der Waals surface area contributed by atoms with Crippen molar-refractivity contribution in [2.24, 2.45) is 5.73 Å². The minimum atomic E-state index is -3.76. The lowest BCUT2D eigenvalue weighted by atomic mass is 10.1. The molecule has 1 aromatic carbocycles. The van der Waals surface area contributed by atoms with E-state index < -0.39 is 10.0 Å². The third-order valence-corrected chi connectivity index (χ3v) is 5.18. The minimum absolute atomic E-state index is 0.0896. The van der Waals surface area contributed by atoms with E-state index in [0.717, 1.165) is 12.8 Å². The van der Waals surface area contributed by atoms with Gasteiger partial charge < -0.3 is 5.73 Å². The van der Waals surface area contributed by atoms with Crippen LogP contribution in [0.4, 0.5) is 0 Å². The molecule has 0 saturated carbocycles. The quantitative estimate of drug-likeness (QED) is 0.810. The van der Waals surface area contributed by atoms with Gasteiger partial charge in [-0.1, -0.05) is 49.0 Å². The summed E-state index contributed by atoms with van der Waals surface area (Å²) in [7, 11) is -3.76. The van der Waals surface area contributed by atoms with Crippen molar-refractivity contribution in [3.05, 3.63) is 28.2 Å². The lowest BCUT2D eigenvalue weighted by molar-refractivity contribution is 0.516. The zero-order chi connectivity index (χ0) is 14.5. The van der Waals surface area contributed by atoms with Crippen molar-refractivity contribution in [1.29, 1.82) is 0 Å². The first kappa shape index (κ1) is 16.7. The Labute approximate surface area is 124 Å². The Morgan fingerprint density at radius 1 is 1.32 bits per heavy atom. The molecular weight excluding hydrogens is 307 g/mol. The summed E-state index contributed by atoms with van der Waals surface area (Å²) in [6.07, 6.45) is 2.57. The normalized spacial score (nSPS) is 13.5. The Morgan fingerprint density at radius 2 is 1.89 bits per heavy atom. The molecule has 0 heterocycles. The third kappa shape index (κ3) is 4.61. The molecule has 7 heteroatoms. The maximum atomic E-state index is 12.3. The van der Waals surface area contributed by atoms with E-state index in [1.54, 1.807) is 6.07 Å². The van der Waals surface area contributed by atoms with Crippen LogP contribution in [-0.4, -0.2) is 21.0 Å². The van der Waals surface area contributed by atoms with Gasteiger partial charge in [0.1, 0.15) is 4.90 Å². The van der Waals surface area contributed by atoms with E-state index in [0.29, 0.717) is 6.42 Å². The molecule has 108 valence electrons. The number of benzene rings is 1. The van der Waals surface area contributed by atoms with Crippen molar-refractivity contribution in [2.75, 3.05) is 6.54 Å². The molecule has 4 nitrogen and oxygen atoms in total. The average molecular weight is 325 g/mol. The second kappa shape index (κ2) is 7.45. The fourth-order valence-electron chi connectivity index (χ4n) is 1.69. The maximum absolute atomic E-state index is 12.3. The van der Waals surface area contributed by atoms with Crippen LogP contribution in [0.5, 0.6) is 0 Å². The standard InChI is InChI=1S/C12H18Cl2N2O2S/c1-2-3-5-9(8-15)16-19(17,18)12-10(13)6-4-7-11(12)14/h4,6-7,9,16H,2-3,5,8,15H2,1H3. The lowest BCUT2D eigenvalue weighted by Gasteiger charge is -2.17. The van der Waals surface area contributed by atoms with Crippen molar-refractivity contribution in [2.45, 2.75) is 37.1 Å². The van der Waals surface area contributed by atoms with Crippen molar-refractivity contribution >= 4 is 33.2 Å². The molecule has 0 aliphatic heterocycles. The molecule has 1 atom stereocenters. The zero-order valence-electron chi connectivity index (χ0n) is 10.7. The molecule has 1 rings (SSSR count). The van der Waals surface area contributed by atoms with E-state index >= 15 is 0 Å². The number of sulfonamides is 1. The molecule has 0 fully saturated rings. The molecule has 1 aromatic rings. The summed E-state index contributed by atoms with van der Waals surface area (Å²) in [4.78, 5) is -0.0896. The number of rotatable bonds is 7. The SMILES string of the molecule is CCCCC(CN)NS(=O)(=O)c1c(Cl)cccc1Cl. The molecule has 1 unspecified atom stereocenters. The first-order valence-electron chi connectivity index (χ1n) is 6.08. The van der Waals surface area contributed by atoms with E-state index in [9.17, 15) is 8.42 Å². The van der Waals surface area contributed by atoms with Crippen LogP contribution in [0.3, 0.4) is 0 Å². The Bertz CT molecular complexity index is 500. The summed E-state index contributed by atoms with van der Waals surface area (Å²) in [5.41, 5.74) is 5.58. The average Bonchev–Trinajstić information content (AvgIpc) is 2.33. The van der Waals surface area contributed by atoms with Crippen molar-refractivity contribution in [3.8, 4) is 0 Å². The molecular formula is C12H18Cl2N2O2S. The summed E-state index contributed by atoms with van der Waals surface area (Å²) in [5, 5.41) is 0.206. The van der Waals surface area contributed by atoms with Crippen LogP contribution in [-0.2, 0) is 10.0 Å². The molecule has 0 radical (unpaired) electrons. The monoisotopic (exact) mass is 324 g/mol. The number of unbranched alkanes of at least 4 members (excludes halogenated alkanes) is 1. The van der Waals surface area contributed by atoms with E-state index in [-0.39, 0.29) is 27.5 Å². The highest BCUT2D eigenvalue weighted by Crippen LogP contribution is 2.29. The van der Waals surface area contributed by atoms with Crippen LogP contribution in [0.15, 0.2) is 23.1 Å². The first-order valence-corrected chi connectivity index (χ1v) is 8.32. The van der Waals surface area contributed by atoms with E-state index in [4.69, 9.17) is 28.9 Å². The van der Waals surface area contributed by atoms with Crippen molar-refractivity contribution in [1.82, 2.24) is 4.72 Å². The summed E-state index contributed by atoms with van der Waals surface area (Å²) in [6.45, 7) is 2.27. The topological polar surface area (TPSA) is 72.2 Å². The Hall–Kier alpha value is -0.330. The Morgan fingerprint density at radius 3 is 2.37 bits per heavy atom. The van der Waals surface area contributed by atoms with Gasteiger partial charge in [-0.05, 0) is 18.6 Å². The van der Waals surface area contributed by atoms with Crippen LogP contribution in [0, 0.1) is 0 Å². The number of nitrogens with one attached hydrogen (secondary N) is 1. The second-order valence-electron chi connectivity index (χ2n) is 4.25. The van der Waals surface area contributed by atoms with Crippen molar-refractivity contribution in [3.63, 3.8) is 0 Å². The fourth-order valence-corrected chi connectivity index (χ4v) is 4.12. The number of hydrogen-bond acceptors (Lipinski definition) is 3. The van der Waals surface area contributed by atoms with Crippen molar-refractivity contribution < 1.29 is 8.42 Å². The maximum Gasteiger partial charge on any atom is 0.243 e. The summed E-state index contributed by atoms with van der Waals surface area (Å²) < 4.78 is 27.1. The van der Waals surface area contributed by atoms with Gasteiger partial charge in [0.2, 0.25) is 10.0 Å². The number of halogens is 2. The highest BCUT2D eigenvalue weighted by atomic mass is 35.5. The number of nitrogens with two attached hydrogens (primary N) is 1. The van der Waals surface area contributed by atoms with Crippen LogP contribution in [0.2, 0.25) is 10.0 Å². The first-order chi connectivity index (χ1) is 8.92. The molecule has 0 aliphatic rings. The van der Waals surface area contributed by atoms with E-state index in [1.165, 1.54) is 12.1 Å². The van der Waals surface area contributed by atoms with Gasteiger partial charge in [-0.2, -0.15) is 0 Å². The van der Waals surface area contributed by atoms with E-state index in [1.807, 2.05) is 6.92 Å². The molecule has 0 bridgehead atoms. The van der Waals surface area contributed by atoms with Gasteiger partial charge >= 0.3 is 0 Å². The van der Waals surface area contributed by atoms with Gasteiger partial charge in [0.15, 0.2) is 0 Å². The molecule has 19 heavy (non-hydrogen) atoms. The minimum Gasteiger partial charge on any atom is -0.329 e. The highest BCUT2D eigenvalue weighted by molar-refractivity contribution is 7.89. The summed E-state index contributed by atoms with van der Waals surface area (Å²) in [6, 6.07) is 4.27. The largest absolute Gasteiger partial charge is 0.329 e. The van der Waals surface area contributed by atoms with Crippen LogP contribution < -0.4 is 10.5 Å². The highest BCUT2D eigenvalue weighted by Gasteiger charge is 2.24. The van der Waals surface area contributed by atoms with Gasteiger partial charge in [0.05, 0.1) is 10.0 Å². The van der Waals surface area contributed by atoms with Crippen LogP contribution >= 0.6 is 23.2 Å². The Kier molecular flexibility index (Phi) is 6.56. The molecule has 0 aromatic heterocycles. The van der Waals surface area contributed by atoms with Gasteiger partial charge in [0.25, 0.3) is 0 Å². The van der Waals surface area contributed by atoms with Gasteiger partial charge in [-0.3, -0.25) is 0 Å². The predicted molar refractivity (Wildman–Crippen MR) is 79.2 cm³/mol. The number of hydrogen-bond donors (Lipinski definition) is 2. The van der Waals surface area contributed by atoms with Crippen LogP contribution in [0.1, 0.15) is 26.2 Å². The lowest BCUT2D eigenvalue weighted by Crippen LogP contribution is -2.40. The predicted octanol–water partition coefficient (Wildman–Crippen LogP) is 2.79. The second-order valence-corrected chi connectivity index (χ2v) is 6.71. The molecule has 0 spiro atoms. The third-order valence-electron chi connectivity index (χ3n) is 2.70. The van der Waals surface area contributed by atoms with Gasteiger partial charge in [-0.25, -0.2) is 13.1 Å². The summed E-state index contributed by atoms with van der Waals surface area (Å²) >= 11 is 11.8. The summed E-state index contributed by atoms with van der Waals surface area (Å²) in [5.74, 6) is 0. The Balaban J connectivity index is 2.97. The molecule has 3 N–H and O–H groups in total. The fraction of sp³-hybridized carbons (Fsp3) is 0.500. The smallest absolute Gasteiger partial charge is 0.243 e. The van der Waals surface area contributed by atoms with Crippen LogP contribution in [0.25, 0.3) is 0 Å². The molecule has 0 amide bonds. The van der Waals surface area contributed by atoms with Gasteiger partial charge in [-0.15, -0.1) is 0 Å². The molecule has 0 saturated heterocycles. The molecule has 0 aliphatic carbocycles.